The topological polar surface area (TPSA) is 43.4 Å². The van der Waals surface area contributed by atoms with Crippen LogP contribution in [0.2, 0.25) is 0 Å². The summed E-state index contributed by atoms with van der Waals surface area (Å²) in [5, 5.41) is 0. The van der Waals surface area contributed by atoms with E-state index in [4.69, 9.17) is 0 Å². The molecule has 0 radical (unpaired) electrons. The number of hydrogen-bond acceptors (Lipinski definition) is 4. The molecule has 0 aliphatic carbocycles. The van der Waals surface area contributed by atoms with Gasteiger partial charge in [0.05, 0.1) is 0 Å². The standard InChI is InChI=1S/C8H14O3S/c1-6(5-12)3-4-8(10)11-7(2)9/h6,12H,3-5H2,1-2H3/t6-/m1/s1. The van der Waals surface area contributed by atoms with Crippen molar-refractivity contribution in [3.05, 3.63) is 0 Å². The smallest absolute Gasteiger partial charge is 0.313 e. The van der Waals surface area contributed by atoms with Gasteiger partial charge in [-0.15, -0.1) is 0 Å². The van der Waals surface area contributed by atoms with E-state index in [0.29, 0.717) is 12.3 Å². The zero-order chi connectivity index (χ0) is 9.56. The zero-order valence-corrected chi connectivity index (χ0v) is 8.27. The molecule has 0 heterocycles. The van der Waals surface area contributed by atoms with Crippen LogP contribution >= 0.6 is 12.6 Å². The highest BCUT2D eigenvalue weighted by atomic mass is 32.1. The van der Waals surface area contributed by atoms with Gasteiger partial charge in [0.2, 0.25) is 0 Å². The van der Waals surface area contributed by atoms with Crippen LogP contribution in [0.3, 0.4) is 0 Å². The number of ether oxygens (including phenoxy) is 1. The number of carbonyl (C=O) groups excluding carboxylic acids is 2. The van der Waals surface area contributed by atoms with E-state index in [1.165, 1.54) is 6.92 Å². The van der Waals surface area contributed by atoms with Crippen LogP contribution in [0.15, 0.2) is 0 Å². The number of carbonyl (C=O) groups is 2. The first kappa shape index (κ1) is 11.5. The largest absolute Gasteiger partial charge is 0.393 e. The molecule has 3 nitrogen and oxygen atoms in total. The molecule has 0 fully saturated rings. The first-order chi connectivity index (χ1) is 5.56. The number of esters is 2. The van der Waals surface area contributed by atoms with E-state index in [1.54, 1.807) is 0 Å². The normalized spacial score (nSPS) is 12.2. The lowest BCUT2D eigenvalue weighted by Crippen LogP contribution is -2.10. The SMILES string of the molecule is CC(=O)OC(=O)CC[C@@H](C)CS. The molecule has 0 aromatic heterocycles. The fourth-order valence-corrected chi connectivity index (χ4v) is 0.849. The second-order valence-electron chi connectivity index (χ2n) is 2.79. The van der Waals surface area contributed by atoms with Gasteiger partial charge in [-0.2, -0.15) is 12.6 Å². The number of thiol groups is 1. The summed E-state index contributed by atoms with van der Waals surface area (Å²) in [4.78, 5) is 21.1. The maximum atomic E-state index is 10.8. The van der Waals surface area contributed by atoms with Crippen LogP contribution < -0.4 is 0 Å². The van der Waals surface area contributed by atoms with Crippen molar-refractivity contribution < 1.29 is 14.3 Å². The van der Waals surface area contributed by atoms with Crippen LogP contribution in [0, 0.1) is 5.92 Å². The zero-order valence-electron chi connectivity index (χ0n) is 7.37. The van der Waals surface area contributed by atoms with Crippen molar-refractivity contribution in [2.24, 2.45) is 5.92 Å². The Bertz CT molecular complexity index is 168. The highest BCUT2D eigenvalue weighted by molar-refractivity contribution is 7.80. The van der Waals surface area contributed by atoms with Crippen molar-refractivity contribution in [2.45, 2.75) is 26.7 Å². The average molecular weight is 190 g/mol. The summed E-state index contributed by atoms with van der Waals surface area (Å²) >= 11 is 4.07. The molecule has 0 rings (SSSR count). The van der Waals surface area contributed by atoms with Gasteiger partial charge in [-0.1, -0.05) is 6.92 Å². The summed E-state index contributed by atoms with van der Waals surface area (Å²) in [6.07, 6.45) is 1.01. The van der Waals surface area contributed by atoms with E-state index in [9.17, 15) is 9.59 Å². The van der Waals surface area contributed by atoms with Crippen molar-refractivity contribution >= 4 is 24.6 Å². The maximum absolute atomic E-state index is 10.8. The molecule has 0 aromatic rings. The lowest BCUT2D eigenvalue weighted by Gasteiger charge is -2.05. The molecule has 0 aliphatic rings. The highest BCUT2D eigenvalue weighted by Crippen LogP contribution is 2.07. The summed E-state index contributed by atoms with van der Waals surface area (Å²) in [6, 6.07) is 0. The van der Waals surface area contributed by atoms with E-state index in [0.717, 1.165) is 12.2 Å². The third-order valence-corrected chi connectivity index (χ3v) is 2.03. The molecule has 0 bridgehead atoms. The van der Waals surface area contributed by atoms with Gasteiger partial charge in [-0.3, -0.25) is 9.59 Å². The molecule has 0 unspecified atom stereocenters. The number of hydrogen-bond donors (Lipinski definition) is 1. The minimum Gasteiger partial charge on any atom is -0.393 e. The van der Waals surface area contributed by atoms with Crippen LogP contribution in [0.4, 0.5) is 0 Å². The van der Waals surface area contributed by atoms with Gasteiger partial charge in [-0.25, -0.2) is 0 Å². The third kappa shape index (κ3) is 6.22. The second kappa shape index (κ2) is 6.06. The molecular weight excluding hydrogens is 176 g/mol. The average Bonchev–Trinajstić information content (AvgIpc) is 1.99. The molecule has 0 saturated carbocycles. The van der Waals surface area contributed by atoms with Gasteiger partial charge in [0.1, 0.15) is 0 Å². The van der Waals surface area contributed by atoms with Crippen LogP contribution in [0.5, 0.6) is 0 Å². The minimum absolute atomic E-state index is 0.293. The summed E-state index contributed by atoms with van der Waals surface area (Å²) in [5.74, 6) is 0.135. The summed E-state index contributed by atoms with van der Waals surface area (Å²) in [6.45, 7) is 3.22. The van der Waals surface area contributed by atoms with E-state index in [2.05, 4.69) is 17.4 Å². The predicted octanol–water partition coefficient (Wildman–Crippen LogP) is 1.42. The van der Waals surface area contributed by atoms with Crippen LogP contribution in [-0.2, 0) is 14.3 Å². The van der Waals surface area contributed by atoms with Crippen molar-refractivity contribution in [3.63, 3.8) is 0 Å². The van der Waals surface area contributed by atoms with Crippen molar-refractivity contribution in [2.75, 3.05) is 5.75 Å². The van der Waals surface area contributed by atoms with Gasteiger partial charge in [0.15, 0.2) is 0 Å². The molecule has 0 aromatic carbocycles. The highest BCUT2D eigenvalue weighted by Gasteiger charge is 2.08. The summed E-state index contributed by atoms with van der Waals surface area (Å²) in [5.41, 5.74) is 0. The fraction of sp³-hybridized carbons (Fsp3) is 0.750. The lowest BCUT2D eigenvalue weighted by atomic mass is 10.1. The Morgan fingerprint density at radius 2 is 2.08 bits per heavy atom. The molecule has 0 amide bonds. The second-order valence-corrected chi connectivity index (χ2v) is 3.16. The fourth-order valence-electron chi connectivity index (χ4n) is 0.667. The Hall–Kier alpha value is -0.510. The molecule has 12 heavy (non-hydrogen) atoms. The molecule has 4 heteroatoms. The van der Waals surface area contributed by atoms with Crippen molar-refractivity contribution in [1.82, 2.24) is 0 Å². The molecule has 0 spiro atoms. The van der Waals surface area contributed by atoms with Crippen molar-refractivity contribution in [3.8, 4) is 0 Å². The summed E-state index contributed by atoms with van der Waals surface area (Å²) in [7, 11) is 0. The lowest BCUT2D eigenvalue weighted by molar-refractivity contribution is -0.158. The molecule has 1 atom stereocenters. The van der Waals surface area contributed by atoms with E-state index < -0.39 is 11.9 Å². The van der Waals surface area contributed by atoms with Gasteiger partial charge in [-0.05, 0) is 18.1 Å². The van der Waals surface area contributed by atoms with Crippen LogP contribution in [0.1, 0.15) is 26.7 Å². The maximum Gasteiger partial charge on any atom is 0.313 e. The quantitative estimate of drug-likeness (QED) is 0.414. The van der Waals surface area contributed by atoms with Gasteiger partial charge in [0.25, 0.3) is 0 Å². The predicted molar refractivity (Wildman–Crippen MR) is 49.0 cm³/mol. The molecule has 70 valence electrons. The summed E-state index contributed by atoms with van der Waals surface area (Å²) < 4.78 is 4.34. The molecule has 0 N–H and O–H groups in total. The van der Waals surface area contributed by atoms with Crippen LogP contribution in [0.25, 0.3) is 0 Å². The first-order valence-corrected chi connectivity index (χ1v) is 4.51. The Kier molecular flexibility index (Phi) is 5.80. The first-order valence-electron chi connectivity index (χ1n) is 3.88. The molecular formula is C8H14O3S. The van der Waals surface area contributed by atoms with E-state index >= 15 is 0 Å². The van der Waals surface area contributed by atoms with E-state index in [1.807, 2.05) is 6.92 Å². The van der Waals surface area contributed by atoms with E-state index in [-0.39, 0.29) is 0 Å². The minimum atomic E-state index is -0.543. The number of rotatable bonds is 4. The van der Waals surface area contributed by atoms with Gasteiger partial charge >= 0.3 is 11.9 Å². The molecule has 0 saturated heterocycles. The molecule has 0 aliphatic heterocycles. The Morgan fingerprint density at radius 1 is 1.50 bits per heavy atom. The van der Waals surface area contributed by atoms with Gasteiger partial charge < -0.3 is 4.74 Å². The van der Waals surface area contributed by atoms with Crippen LogP contribution in [-0.4, -0.2) is 17.7 Å². The Balaban J connectivity index is 3.50. The Morgan fingerprint density at radius 3 is 2.50 bits per heavy atom. The Labute approximate surface area is 77.9 Å². The van der Waals surface area contributed by atoms with Gasteiger partial charge in [0, 0.05) is 13.3 Å². The monoisotopic (exact) mass is 190 g/mol. The third-order valence-electron chi connectivity index (χ3n) is 1.41. The van der Waals surface area contributed by atoms with Crippen molar-refractivity contribution in [1.29, 1.82) is 0 Å².